The smallest absolute Gasteiger partial charge is 0.243 e. The molecule has 3 N–H and O–H groups in total. The van der Waals surface area contributed by atoms with E-state index in [0.29, 0.717) is 19.6 Å². The van der Waals surface area contributed by atoms with Crippen LogP contribution in [0.1, 0.15) is 11.3 Å². The number of aromatic nitrogens is 1. The fourth-order valence-corrected chi connectivity index (χ4v) is 2.40. The summed E-state index contributed by atoms with van der Waals surface area (Å²) in [4.78, 5) is 18.0. The van der Waals surface area contributed by atoms with Gasteiger partial charge < -0.3 is 16.0 Å². The van der Waals surface area contributed by atoms with Crippen LogP contribution in [0.4, 0.5) is 11.4 Å². The summed E-state index contributed by atoms with van der Waals surface area (Å²) in [7, 11) is 0. The molecule has 2 heterocycles. The molecular formula is C15H16N4O. The van der Waals surface area contributed by atoms with Crippen LogP contribution in [-0.2, 0) is 17.9 Å². The Morgan fingerprint density at radius 1 is 1.30 bits per heavy atom. The summed E-state index contributed by atoms with van der Waals surface area (Å²) in [5.74, 6) is 0.0109. The molecule has 0 aliphatic carbocycles. The van der Waals surface area contributed by atoms with Gasteiger partial charge in [0.05, 0.1) is 23.6 Å². The number of hydrogen-bond acceptors (Lipinski definition) is 4. The molecule has 1 aliphatic heterocycles. The number of benzene rings is 1. The Bertz CT molecular complexity index is 641. The van der Waals surface area contributed by atoms with Crippen LogP contribution in [0.2, 0.25) is 0 Å². The number of carbonyl (C=O) groups excluding carboxylic acids is 1. The van der Waals surface area contributed by atoms with Gasteiger partial charge in [-0.25, -0.2) is 0 Å². The van der Waals surface area contributed by atoms with Crippen LogP contribution in [0.5, 0.6) is 0 Å². The minimum absolute atomic E-state index is 0.0109. The molecule has 0 bridgehead atoms. The number of fused-ring (bicyclic) bond motifs is 1. The molecule has 0 saturated carbocycles. The number of amides is 1. The highest BCUT2D eigenvalue weighted by Gasteiger charge is 2.21. The van der Waals surface area contributed by atoms with Gasteiger partial charge in [-0.3, -0.25) is 9.78 Å². The number of carbonyl (C=O) groups is 1. The van der Waals surface area contributed by atoms with Crippen LogP contribution in [0, 0.1) is 0 Å². The first kappa shape index (κ1) is 12.6. The van der Waals surface area contributed by atoms with Gasteiger partial charge in [0.15, 0.2) is 0 Å². The van der Waals surface area contributed by atoms with Crippen LogP contribution < -0.4 is 16.0 Å². The molecule has 2 aromatic rings. The number of anilines is 2. The number of nitrogens with zero attached hydrogens (tertiary/aromatic N) is 2. The normalized spacial score (nSPS) is 13.8. The van der Waals surface area contributed by atoms with E-state index in [4.69, 9.17) is 5.73 Å². The first-order valence-electron chi connectivity index (χ1n) is 6.54. The Morgan fingerprint density at radius 2 is 2.15 bits per heavy atom. The molecule has 5 nitrogen and oxygen atoms in total. The van der Waals surface area contributed by atoms with E-state index < -0.39 is 0 Å². The van der Waals surface area contributed by atoms with Gasteiger partial charge in [0, 0.05) is 19.3 Å². The SMILES string of the molecule is NCc1cc(CN2CC(=O)Nc3ccccc32)ccn1. The van der Waals surface area contributed by atoms with E-state index >= 15 is 0 Å². The van der Waals surface area contributed by atoms with E-state index in [2.05, 4.69) is 15.2 Å². The molecule has 1 aromatic heterocycles. The zero-order valence-corrected chi connectivity index (χ0v) is 11.0. The maximum Gasteiger partial charge on any atom is 0.243 e. The number of pyridine rings is 1. The second-order valence-corrected chi connectivity index (χ2v) is 4.78. The predicted molar refractivity (Wildman–Crippen MR) is 78.3 cm³/mol. The second kappa shape index (κ2) is 5.30. The molecule has 1 amide bonds. The topological polar surface area (TPSA) is 71.2 Å². The van der Waals surface area contributed by atoms with Gasteiger partial charge in [0.1, 0.15) is 0 Å². The molecule has 0 radical (unpaired) electrons. The van der Waals surface area contributed by atoms with Gasteiger partial charge in [-0.15, -0.1) is 0 Å². The molecule has 3 rings (SSSR count). The van der Waals surface area contributed by atoms with E-state index in [0.717, 1.165) is 22.6 Å². The van der Waals surface area contributed by atoms with Gasteiger partial charge in [-0.05, 0) is 29.8 Å². The Morgan fingerprint density at radius 3 is 3.00 bits per heavy atom. The van der Waals surface area contributed by atoms with Crippen LogP contribution in [0.15, 0.2) is 42.6 Å². The summed E-state index contributed by atoms with van der Waals surface area (Å²) >= 11 is 0. The van der Waals surface area contributed by atoms with Crippen molar-refractivity contribution in [3.8, 4) is 0 Å². The van der Waals surface area contributed by atoms with Crippen LogP contribution >= 0.6 is 0 Å². The van der Waals surface area contributed by atoms with Crippen molar-refractivity contribution in [3.05, 3.63) is 53.9 Å². The average Bonchev–Trinajstić information content (AvgIpc) is 2.47. The summed E-state index contributed by atoms with van der Waals surface area (Å²) in [6, 6.07) is 11.8. The lowest BCUT2D eigenvalue weighted by atomic mass is 10.1. The highest BCUT2D eigenvalue weighted by atomic mass is 16.2. The van der Waals surface area contributed by atoms with Crippen molar-refractivity contribution in [3.63, 3.8) is 0 Å². The Balaban J connectivity index is 1.88. The molecular weight excluding hydrogens is 252 g/mol. The number of nitrogens with two attached hydrogens (primary N) is 1. The van der Waals surface area contributed by atoms with Crippen LogP contribution in [0.25, 0.3) is 0 Å². The molecule has 0 saturated heterocycles. The van der Waals surface area contributed by atoms with Gasteiger partial charge in [-0.2, -0.15) is 0 Å². The Hall–Kier alpha value is -2.40. The molecule has 1 aromatic carbocycles. The molecule has 20 heavy (non-hydrogen) atoms. The van der Waals surface area contributed by atoms with Gasteiger partial charge in [0.25, 0.3) is 0 Å². The van der Waals surface area contributed by atoms with E-state index in [1.165, 1.54) is 0 Å². The van der Waals surface area contributed by atoms with Crippen molar-refractivity contribution < 1.29 is 4.79 Å². The summed E-state index contributed by atoms with van der Waals surface area (Å²) in [5.41, 5.74) is 9.47. The largest absolute Gasteiger partial charge is 0.356 e. The number of para-hydroxylation sites is 2. The lowest BCUT2D eigenvalue weighted by molar-refractivity contribution is -0.115. The summed E-state index contributed by atoms with van der Waals surface area (Å²) in [5, 5.41) is 2.89. The minimum Gasteiger partial charge on any atom is -0.356 e. The molecule has 1 aliphatic rings. The molecule has 0 atom stereocenters. The summed E-state index contributed by atoms with van der Waals surface area (Å²) in [6.45, 7) is 1.45. The predicted octanol–water partition coefficient (Wildman–Crippen LogP) is 1.50. The molecule has 5 heteroatoms. The van der Waals surface area contributed by atoms with Crippen molar-refractivity contribution in [1.82, 2.24) is 4.98 Å². The first-order valence-corrected chi connectivity index (χ1v) is 6.54. The van der Waals surface area contributed by atoms with E-state index in [-0.39, 0.29) is 5.91 Å². The quantitative estimate of drug-likeness (QED) is 0.885. The minimum atomic E-state index is 0.0109. The standard InChI is InChI=1S/C15H16N4O/c16-8-12-7-11(5-6-17-12)9-19-10-15(20)18-13-3-1-2-4-14(13)19/h1-7H,8-10,16H2,(H,18,20). The average molecular weight is 268 g/mol. The van der Waals surface area contributed by atoms with E-state index in [1.807, 2.05) is 36.4 Å². The van der Waals surface area contributed by atoms with Gasteiger partial charge >= 0.3 is 0 Å². The fraction of sp³-hybridized carbons (Fsp3) is 0.200. The lowest BCUT2D eigenvalue weighted by Crippen LogP contribution is -2.37. The summed E-state index contributed by atoms with van der Waals surface area (Å²) in [6.07, 6.45) is 1.76. The Labute approximate surface area is 117 Å². The Kier molecular flexibility index (Phi) is 3.35. The van der Waals surface area contributed by atoms with E-state index in [9.17, 15) is 4.79 Å². The van der Waals surface area contributed by atoms with Gasteiger partial charge in [-0.1, -0.05) is 12.1 Å². The monoisotopic (exact) mass is 268 g/mol. The molecule has 102 valence electrons. The maximum atomic E-state index is 11.8. The van der Waals surface area contributed by atoms with Crippen molar-refractivity contribution in [2.45, 2.75) is 13.1 Å². The fourth-order valence-electron chi connectivity index (χ4n) is 2.40. The third-order valence-corrected chi connectivity index (χ3v) is 3.32. The van der Waals surface area contributed by atoms with Crippen molar-refractivity contribution in [2.75, 3.05) is 16.8 Å². The van der Waals surface area contributed by atoms with Gasteiger partial charge in [0.2, 0.25) is 5.91 Å². The molecule has 0 unspecified atom stereocenters. The van der Waals surface area contributed by atoms with Crippen molar-refractivity contribution >= 4 is 17.3 Å². The maximum absolute atomic E-state index is 11.8. The van der Waals surface area contributed by atoms with Crippen LogP contribution in [-0.4, -0.2) is 17.4 Å². The van der Waals surface area contributed by atoms with Crippen molar-refractivity contribution in [1.29, 1.82) is 0 Å². The van der Waals surface area contributed by atoms with Crippen LogP contribution in [0.3, 0.4) is 0 Å². The number of rotatable bonds is 3. The van der Waals surface area contributed by atoms with E-state index in [1.54, 1.807) is 6.20 Å². The highest BCUT2D eigenvalue weighted by Crippen LogP contribution is 2.29. The highest BCUT2D eigenvalue weighted by molar-refractivity contribution is 6.01. The third kappa shape index (κ3) is 2.48. The lowest BCUT2D eigenvalue weighted by Gasteiger charge is -2.30. The molecule has 0 spiro atoms. The van der Waals surface area contributed by atoms with Crippen molar-refractivity contribution in [2.24, 2.45) is 5.73 Å². The summed E-state index contributed by atoms with van der Waals surface area (Å²) < 4.78 is 0. The second-order valence-electron chi connectivity index (χ2n) is 4.78. The number of hydrogen-bond donors (Lipinski definition) is 2. The first-order chi connectivity index (χ1) is 9.76. The number of nitrogens with one attached hydrogen (secondary N) is 1. The third-order valence-electron chi connectivity index (χ3n) is 3.32. The zero-order chi connectivity index (χ0) is 13.9. The molecule has 0 fully saturated rings. The zero-order valence-electron chi connectivity index (χ0n) is 11.0.